The SMILES string of the molecule is CCOC(=O)n1c(-c2cscn2)nc2ccccc21. The van der Waals surface area contributed by atoms with Crippen molar-refractivity contribution in [1.29, 1.82) is 0 Å². The molecule has 6 heteroatoms. The second kappa shape index (κ2) is 4.81. The average molecular weight is 273 g/mol. The molecule has 0 N–H and O–H groups in total. The lowest BCUT2D eigenvalue weighted by Gasteiger charge is -2.05. The minimum absolute atomic E-state index is 0.321. The molecular weight excluding hydrogens is 262 g/mol. The van der Waals surface area contributed by atoms with Gasteiger partial charge in [0.05, 0.1) is 23.2 Å². The Morgan fingerprint density at radius 1 is 1.42 bits per heavy atom. The van der Waals surface area contributed by atoms with Crippen LogP contribution in [-0.4, -0.2) is 27.2 Å². The quantitative estimate of drug-likeness (QED) is 0.719. The summed E-state index contributed by atoms with van der Waals surface area (Å²) >= 11 is 1.46. The van der Waals surface area contributed by atoms with Crippen molar-refractivity contribution in [2.24, 2.45) is 0 Å². The molecule has 0 aliphatic rings. The van der Waals surface area contributed by atoms with Crippen LogP contribution < -0.4 is 0 Å². The maximum absolute atomic E-state index is 12.1. The number of hydrogen-bond acceptors (Lipinski definition) is 5. The second-order valence-corrected chi connectivity index (χ2v) is 4.55. The summed E-state index contributed by atoms with van der Waals surface area (Å²) < 4.78 is 6.56. The van der Waals surface area contributed by atoms with Crippen molar-refractivity contribution in [2.45, 2.75) is 6.92 Å². The summed E-state index contributed by atoms with van der Waals surface area (Å²) in [6.07, 6.45) is -0.431. The van der Waals surface area contributed by atoms with Gasteiger partial charge in [0, 0.05) is 5.38 Å². The minimum Gasteiger partial charge on any atom is -0.449 e. The third-order valence-corrected chi connectivity index (χ3v) is 3.26. The third-order valence-electron chi connectivity index (χ3n) is 2.67. The van der Waals surface area contributed by atoms with Gasteiger partial charge in [0.1, 0.15) is 5.69 Å². The van der Waals surface area contributed by atoms with Crippen LogP contribution in [0.25, 0.3) is 22.6 Å². The Kier molecular flexibility index (Phi) is 3.00. The van der Waals surface area contributed by atoms with Crippen LogP contribution in [0.3, 0.4) is 0 Å². The van der Waals surface area contributed by atoms with E-state index in [-0.39, 0.29) is 0 Å². The first-order chi connectivity index (χ1) is 9.31. The van der Waals surface area contributed by atoms with E-state index in [0.29, 0.717) is 18.1 Å². The van der Waals surface area contributed by atoms with Crippen molar-refractivity contribution in [1.82, 2.24) is 14.5 Å². The molecule has 5 nitrogen and oxygen atoms in total. The van der Waals surface area contributed by atoms with Crippen molar-refractivity contribution in [2.75, 3.05) is 6.61 Å². The molecule has 0 amide bonds. The molecule has 0 saturated carbocycles. The number of rotatable bonds is 2. The summed E-state index contributed by atoms with van der Waals surface area (Å²) in [6, 6.07) is 7.45. The Hall–Kier alpha value is -2.21. The van der Waals surface area contributed by atoms with Crippen LogP contribution in [0.2, 0.25) is 0 Å². The lowest BCUT2D eigenvalue weighted by Crippen LogP contribution is -2.14. The smallest absolute Gasteiger partial charge is 0.420 e. The van der Waals surface area contributed by atoms with Gasteiger partial charge in [0.15, 0.2) is 5.82 Å². The molecule has 0 aliphatic carbocycles. The number of carbonyl (C=O) groups excluding carboxylic acids is 1. The minimum atomic E-state index is -0.431. The molecule has 0 aliphatic heterocycles. The van der Waals surface area contributed by atoms with Crippen LogP contribution in [0.5, 0.6) is 0 Å². The Balaban J connectivity index is 2.25. The van der Waals surface area contributed by atoms with Crippen LogP contribution in [0.4, 0.5) is 4.79 Å². The summed E-state index contributed by atoms with van der Waals surface area (Å²) in [7, 11) is 0. The lowest BCUT2D eigenvalue weighted by atomic mass is 10.3. The molecule has 19 heavy (non-hydrogen) atoms. The van der Waals surface area contributed by atoms with E-state index >= 15 is 0 Å². The topological polar surface area (TPSA) is 57.0 Å². The maximum Gasteiger partial charge on any atom is 0.420 e. The Labute approximate surface area is 113 Å². The molecule has 0 spiro atoms. The number of hydrogen-bond donors (Lipinski definition) is 0. The summed E-state index contributed by atoms with van der Waals surface area (Å²) in [5, 5.41) is 1.86. The van der Waals surface area contributed by atoms with Gasteiger partial charge in [-0.2, -0.15) is 0 Å². The van der Waals surface area contributed by atoms with E-state index in [0.717, 1.165) is 11.0 Å². The molecule has 0 bridgehead atoms. The first kappa shape index (κ1) is 11.9. The van der Waals surface area contributed by atoms with Crippen molar-refractivity contribution >= 4 is 28.5 Å². The Morgan fingerprint density at radius 2 is 2.26 bits per heavy atom. The highest BCUT2D eigenvalue weighted by Crippen LogP contribution is 2.24. The van der Waals surface area contributed by atoms with Gasteiger partial charge in [0.25, 0.3) is 0 Å². The van der Waals surface area contributed by atoms with E-state index < -0.39 is 6.09 Å². The maximum atomic E-state index is 12.1. The van der Waals surface area contributed by atoms with Gasteiger partial charge >= 0.3 is 6.09 Å². The van der Waals surface area contributed by atoms with Crippen LogP contribution in [0.1, 0.15) is 6.92 Å². The molecule has 1 aromatic carbocycles. The molecule has 3 aromatic rings. The van der Waals surface area contributed by atoms with Crippen molar-refractivity contribution in [3.8, 4) is 11.5 Å². The number of ether oxygens (including phenoxy) is 1. The number of benzene rings is 1. The molecule has 0 atom stereocenters. The fourth-order valence-electron chi connectivity index (χ4n) is 1.89. The number of thiazole rings is 1. The highest BCUT2D eigenvalue weighted by Gasteiger charge is 2.19. The van der Waals surface area contributed by atoms with Crippen molar-refractivity contribution in [3.05, 3.63) is 35.2 Å². The van der Waals surface area contributed by atoms with E-state index in [1.807, 2.05) is 29.6 Å². The van der Waals surface area contributed by atoms with Gasteiger partial charge < -0.3 is 4.74 Å². The van der Waals surface area contributed by atoms with E-state index in [9.17, 15) is 4.79 Å². The molecule has 3 rings (SSSR count). The monoisotopic (exact) mass is 273 g/mol. The largest absolute Gasteiger partial charge is 0.449 e. The summed E-state index contributed by atoms with van der Waals surface area (Å²) in [5.74, 6) is 0.515. The molecule has 0 fully saturated rings. The van der Waals surface area contributed by atoms with Crippen molar-refractivity contribution < 1.29 is 9.53 Å². The van der Waals surface area contributed by atoms with E-state index in [1.54, 1.807) is 12.4 Å². The number of nitrogens with zero attached hydrogens (tertiary/aromatic N) is 3. The number of para-hydroxylation sites is 2. The molecule has 2 heterocycles. The standard InChI is InChI=1S/C13H11N3O2S/c1-2-18-13(17)16-11-6-4-3-5-9(11)15-12(16)10-7-19-8-14-10/h3-8H,2H2,1H3. The van der Waals surface area contributed by atoms with Crippen LogP contribution in [-0.2, 0) is 4.74 Å². The molecule has 0 unspecified atom stereocenters. The second-order valence-electron chi connectivity index (χ2n) is 3.83. The van der Waals surface area contributed by atoms with Gasteiger partial charge in [-0.15, -0.1) is 11.3 Å². The van der Waals surface area contributed by atoms with Gasteiger partial charge in [-0.05, 0) is 19.1 Å². The van der Waals surface area contributed by atoms with Gasteiger partial charge in [-0.1, -0.05) is 12.1 Å². The van der Waals surface area contributed by atoms with Gasteiger partial charge in [-0.3, -0.25) is 0 Å². The molecule has 0 radical (unpaired) electrons. The molecule has 2 aromatic heterocycles. The van der Waals surface area contributed by atoms with Crippen LogP contribution >= 0.6 is 11.3 Å². The molecule has 0 saturated heterocycles. The first-order valence-electron chi connectivity index (χ1n) is 5.84. The summed E-state index contributed by atoms with van der Waals surface area (Å²) in [5.41, 5.74) is 3.86. The predicted octanol–water partition coefficient (Wildman–Crippen LogP) is 3.16. The zero-order valence-electron chi connectivity index (χ0n) is 10.2. The summed E-state index contributed by atoms with van der Waals surface area (Å²) in [6.45, 7) is 2.10. The molecular formula is C13H11N3O2S. The zero-order chi connectivity index (χ0) is 13.2. The zero-order valence-corrected chi connectivity index (χ0v) is 11.1. The Morgan fingerprint density at radius 3 is 3.00 bits per heavy atom. The fraction of sp³-hybridized carbons (Fsp3) is 0.154. The van der Waals surface area contributed by atoms with Crippen molar-refractivity contribution in [3.63, 3.8) is 0 Å². The highest BCUT2D eigenvalue weighted by molar-refractivity contribution is 7.07. The molecule has 96 valence electrons. The first-order valence-corrected chi connectivity index (χ1v) is 6.78. The number of imidazole rings is 1. The lowest BCUT2D eigenvalue weighted by molar-refractivity contribution is 0.155. The third kappa shape index (κ3) is 2.00. The normalized spacial score (nSPS) is 10.8. The number of carbonyl (C=O) groups is 1. The fourth-order valence-corrected chi connectivity index (χ4v) is 2.42. The van der Waals surface area contributed by atoms with Crippen LogP contribution in [0, 0.1) is 0 Å². The highest BCUT2D eigenvalue weighted by atomic mass is 32.1. The predicted molar refractivity (Wildman–Crippen MR) is 73.3 cm³/mol. The number of fused-ring (bicyclic) bond motifs is 1. The van der Waals surface area contributed by atoms with E-state index in [1.165, 1.54) is 15.9 Å². The average Bonchev–Trinajstić information content (AvgIpc) is 3.06. The Bertz CT molecular complexity index is 719. The van der Waals surface area contributed by atoms with E-state index in [4.69, 9.17) is 4.74 Å². The van der Waals surface area contributed by atoms with Gasteiger partial charge in [0.2, 0.25) is 0 Å². The number of aromatic nitrogens is 3. The van der Waals surface area contributed by atoms with Crippen LogP contribution in [0.15, 0.2) is 35.2 Å². The van der Waals surface area contributed by atoms with E-state index in [2.05, 4.69) is 9.97 Å². The summed E-state index contributed by atoms with van der Waals surface area (Å²) in [4.78, 5) is 20.8. The van der Waals surface area contributed by atoms with Gasteiger partial charge in [-0.25, -0.2) is 19.3 Å².